The van der Waals surface area contributed by atoms with Gasteiger partial charge in [-0.3, -0.25) is 9.59 Å². The standard InChI is InChI=1S/2C12H19NO.C4H6O4/c2*1-12(2,3)13-9-11(14)10-7-5-4-6-8-10;5-3(6)1-2-4(7)8/h2*4-8,11,13-14H,9H2,1-3H3;1-2H2,(H,5,6)(H,7,8). The number of aliphatic carboxylic acids is 2. The topological polar surface area (TPSA) is 139 Å². The Bertz CT molecular complexity index is 788. The summed E-state index contributed by atoms with van der Waals surface area (Å²) in [6.45, 7) is 13.7. The summed E-state index contributed by atoms with van der Waals surface area (Å²) in [7, 11) is 0. The predicted octanol–water partition coefficient (Wildman–Crippen LogP) is 4.15. The number of hydrogen-bond donors (Lipinski definition) is 6. The van der Waals surface area contributed by atoms with Crippen LogP contribution in [-0.4, -0.2) is 56.5 Å². The molecule has 2 atom stereocenters. The molecule has 0 aliphatic heterocycles. The van der Waals surface area contributed by atoms with Gasteiger partial charge in [0, 0.05) is 24.2 Å². The van der Waals surface area contributed by atoms with Gasteiger partial charge >= 0.3 is 11.9 Å². The van der Waals surface area contributed by atoms with Gasteiger partial charge in [0.2, 0.25) is 0 Å². The van der Waals surface area contributed by atoms with Gasteiger partial charge in [0.1, 0.15) is 0 Å². The number of carbonyl (C=O) groups is 2. The fourth-order valence-corrected chi connectivity index (χ4v) is 2.61. The highest BCUT2D eigenvalue weighted by molar-refractivity contribution is 5.75. The quantitative estimate of drug-likeness (QED) is 0.299. The van der Waals surface area contributed by atoms with Gasteiger partial charge in [0.25, 0.3) is 0 Å². The molecule has 0 saturated heterocycles. The fourth-order valence-electron chi connectivity index (χ4n) is 2.61. The van der Waals surface area contributed by atoms with Crippen LogP contribution in [0.2, 0.25) is 0 Å². The minimum atomic E-state index is -1.08. The van der Waals surface area contributed by atoms with Gasteiger partial charge < -0.3 is 31.1 Å². The van der Waals surface area contributed by atoms with Crippen molar-refractivity contribution in [2.45, 2.75) is 77.7 Å². The Labute approximate surface area is 215 Å². The molecule has 0 aliphatic rings. The summed E-state index contributed by atoms with van der Waals surface area (Å²) < 4.78 is 0. The van der Waals surface area contributed by atoms with Crippen LogP contribution in [0.3, 0.4) is 0 Å². The molecule has 6 N–H and O–H groups in total. The van der Waals surface area contributed by atoms with Crippen LogP contribution in [0.15, 0.2) is 60.7 Å². The van der Waals surface area contributed by atoms with Crippen LogP contribution in [0, 0.1) is 0 Å². The van der Waals surface area contributed by atoms with E-state index in [0.29, 0.717) is 13.1 Å². The van der Waals surface area contributed by atoms with E-state index in [4.69, 9.17) is 10.2 Å². The fraction of sp³-hybridized carbons (Fsp3) is 0.500. The third-order valence-corrected chi connectivity index (χ3v) is 4.57. The van der Waals surface area contributed by atoms with E-state index in [-0.39, 0.29) is 23.9 Å². The Kier molecular flexibility index (Phi) is 15.5. The molecule has 0 aliphatic carbocycles. The molecule has 0 heterocycles. The molecule has 0 amide bonds. The lowest BCUT2D eigenvalue weighted by Gasteiger charge is -2.23. The van der Waals surface area contributed by atoms with E-state index in [1.807, 2.05) is 60.7 Å². The van der Waals surface area contributed by atoms with Gasteiger partial charge in [-0.15, -0.1) is 0 Å². The van der Waals surface area contributed by atoms with Crippen molar-refractivity contribution in [2.24, 2.45) is 0 Å². The highest BCUT2D eigenvalue weighted by Gasteiger charge is 2.13. The van der Waals surface area contributed by atoms with Crippen molar-refractivity contribution in [1.82, 2.24) is 10.6 Å². The Morgan fingerprint density at radius 2 is 0.917 bits per heavy atom. The third kappa shape index (κ3) is 19.5. The van der Waals surface area contributed by atoms with Crippen LogP contribution < -0.4 is 10.6 Å². The lowest BCUT2D eigenvalue weighted by molar-refractivity contribution is -0.143. The molecule has 202 valence electrons. The number of carboxylic acid groups (broad SMARTS) is 2. The van der Waals surface area contributed by atoms with Crippen LogP contribution in [-0.2, 0) is 9.59 Å². The average molecular weight is 505 g/mol. The molecule has 2 rings (SSSR count). The van der Waals surface area contributed by atoms with E-state index >= 15 is 0 Å². The number of rotatable bonds is 9. The van der Waals surface area contributed by atoms with Gasteiger partial charge in [-0.05, 0) is 52.7 Å². The summed E-state index contributed by atoms with van der Waals surface area (Å²) in [5.41, 5.74) is 2.03. The molecular formula is C28H44N2O6. The van der Waals surface area contributed by atoms with Crippen LogP contribution in [0.1, 0.15) is 77.7 Å². The van der Waals surface area contributed by atoms with E-state index in [2.05, 4.69) is 52.2 Å². The number of aliphatic hydroxyl groups excluding tert-OH is 2. The summed E-state index contributed by atoms with van der Waals surface area (Å²) in [6, 6.07) is 19.4. The molecule has 0 saturated carbocycles. The Morgan fingerprint density at radius 1 is 0.639 bits per heavy atom. The zero-order valence-corrected chi connectivity index (χ0v) is 22.4. The zero-order chi connectivity index (χ0) is 27.8. The van der Waals surface area contributed by atoms with Gasteiger partial charge in [-0.25, -0.2) is 0 Å². The van der Waals surface area contributed by atoms with E-state index in [1.54, 1.807) is 0 Å². The summed E-state index contributed by atoms with van der Waals surface area (Å²) >= 11 is 0. The third-order valence-electron chi connectivity index (χ3n) is 4.57. The van der Waals surface area contributed by atoms with E-state index in [9.17, 15) is 19.8 Å². The Morgan fingerprint density at radius 3 is 1.14 bits per heavy atom. The molecule has 2 aromatic rings. The minimum Gasteiger partial charge on any atom is -0.481 e. The lowest BCUT2D eigenvalue weighted by atomic mass is 10.1. The van der Waals surface area contributed by atoms with Crippen LogP contribution >= 0.6 is 0 Å². The first-order valence-corrected chi connectivity index (χ1v) is 12.0. The molecule has 2 aromatic carbocycles. The largest absolute Gasteiger partial charge is 0.481 e. The second kappa shape index (κ2) is 16.8. The van der Waals surface area contributed by atoms with Crippen molar-refractivity contribution < 1.29 is 30.0 Å². The van der Waals surface area contributed by atoms with Crippen molar-refractivity contribution in [1.29, 1.82) is 0 Å². The lowest BCUT2D eigenvalue weighted by Crippen LogP contribution is -2.38. The van der Waals surface area contributed by atoms with Crippen LogP contribution in [0.5, 0.6) is 0 Å². The number of carboxylic acids is 2. The van der Waals surface area contributed by atoms with Gasteiger partial charge in [0.15, 0.2) is 0 Å². The van der Waals surface area contributed by atoms with Gasteiger partial charge in [-0.1, -0.05) is 60.7 Å². The summed E-state index contributed by atoms with van der Waals surface area (Å²) in [6.07, 6.45) is -1.43. The van der Waals surface area contributed by atoms with Gasteiger partial charge in [-0.2, -0.15) is 0 Å². The Hall–Kier alpha value is -2.78. The molecule has 0 spiro atoms. The first-order chi connectivity index (χ1) is 16.6. The first kappa shape index (κ1) is 33.2. The molecule has 0 bridgehead atoms. The number of nitrogens with one attached hydrogen (secondary N) is 2. The Balaban J connectivity index is 0.000000533. The van der Waals surface area contributed by atoms with Crippen molar-refractivity contribution in [3.8, 4) is 0 Å². The smallest absolute Gasteiger partial charge is 0.303 e. The summed E-state index contributed by atoms with van der Waals surface area (Å²) in [5, 5.41) is 42.0. The summed E-state index contributed by atoms with van der Waals surface area (Å²) in [4.78, 5) is 19.3. The summed E-state index contributed by atoms with van der Waals surface area (Å²) in [5.74, 6) is -2.15. The molecule has 0 radical (unpaired) electrons. The van der Waals surface area contributed by atoms with Crippen molar-refractivity contribution in [2.75, 3.05) is 13.1 Å². The first-order valence-electron chi connectivity index (χ1n) is 12.0. The normalized spacial score (nSPS) is 12.8. The zero-order valence-electron chi connectivity index (χ0n) is 22.4. The van der Waals surface area contributed by atoms with Gasteiger partial charge in [0.05, 0.1) is 25.0 Å². The highest BCUT2D eigenvalue weighted by Crippen LogP contribution is 2.13. The number of aliphatic hydroxyl groups is 2. The van der Waals surface area contributed by atoms with Crippen LogP contribution in [0.4, 0.5) is 0 Å². The second-order valence-corrected chi connectivity index (χ2v) is 10.4. The van der Waals surface area contributed by atoms with Crippen molar-refractivity contribution in [3.05, 3.63) is 71.8 Å². The predicted molar refractivity (Wildman–Crippen MR) is 143 cm³/mol. The molecule has 8 nitrogen and oxygen atoms in total. The number of benzene rings is 2. The van der Waals surface area contributed by atoms with Crippen molar-refractivity contribution >= 4 is 11.9 Å². The van der Waals surface area contributed by atoms with E-state index < -0.39 is 24.1 Å². The molecule has 2 unspecified atom stereocenters. The number of β-amino-alcohol motifs (C(OH)–C–C–N with tert-alkyl or cyclic N) is 2. The maximum Gasteiger partial charge on any atom is 0.303 e. The number of hydrogen-bond acceptors (Lipinski definition) is 6. The molecule has 8 heteroatoms. The average Bonchev–Trinajstić information content (AvgIpc) is 2.80. The van der Waals surface area contributed by atoms with Crippen molar-refractivity contribution in [3.63, 3.8) is 0 Å². The second-order valence-electron chi connectivity index (χ2n) is 10.4. The van der Waals surface area contributed by atoms with E-state index in [0.717, 1.165) is 11.1 Å². The van der Waals surface area contributed by atoms with Crippen LogP contribution in [0.25, 0.3) is 0 Å². The highest BCUT2D eigenvalue weighted by atomic mass is 16.4. The van der Waals surface area contributed by atoms with E-state index in [1.165, 1.54) is 0 Å². The molecule has 36 heavy (non-hydrogen) atoms. The molecule has 0 fully saturated rings. The monoisotopic (exact) mass is 504 g/mol. The minimum absolute atomic E-state index is 0.0513. The molecular weight excluding hydrogens is 460 g/mol. The molecule has 0 aromatic heterocycles. The SMILES string of the molecule is CC(C)(C)NCC(O)c1ccccc1.CC(C)(C)NCC(O)c1ccccc1.O=C(O)CCC(=O)O. The maximum absolute atomic E-state index is 9.82. The maximum atomic E-state index is 9.82.